The number of likely N-dealkylation sites (tertiary alicyclic amines) is 1. The minimum absolute atomic E-state index is 0.0451. The molecule has 0 unspecified atom stereocenters. The molecule has 2 aliphatic rings. The van der Waals surface area contributed by atoms with Crippen LogP contribution in [0, 0.1) is 5.92 Å². The Hall–Kier alpha value is -1.50. The Kier molecular flexibility index (Phi) is 7.82. The molecule has 2 heterocycles. The SMILES string of the molecule is CCCOc1ccc(NC(=O)N2CCC(CN3CCN(C)CC3)CC2)cc1Cl. The highest BCUT2D eigenvalue weighted by Gasteiger charge is 2.25. The molecule has 156 valence electrons. The highest BCUT2D eigenvalue weighted by atomic mass is 35.5. The van der Waals surface area contributed by atoms with Crippen LogP contribution in [0.2, 0.25) is 5.02 Å². The highest BCUT2D eigenvalue weighted by molar-refractivity contribution is 6.32. The van der Waals surface area contributed by atoms with Gasteiger partial charge in [0.2, 0.25) is 0 Å². The molecular weight excluding hydrogens is 376 g/mol. The van der Waals surface area contributed by atoms with Crippen LogP contribution in [-0.4, -0.2) is 80.2 Å². The number of benzene rings is 1. The van der Waals surface area contributed by atoms with Crippen LogP contribution < -0.4 is 10.1 Å². The highest BCUT2D eigenvalue weighted by Crippen LogP contribution is 2.28. The largest absolute Gasteiger partial charge is 0.492 e. The second-order valence-corrected chi connectivity index (χ2v) is 8.37. The molecule has 0 saturated carbocycles. The van der Waals surface area contributed by atoms with E-state index < -0.39 is 0 Å². The van der Waals surface area contributed by atoms with E-state index in [1.807, 2.05) is 17.0 Å². The lowest BCUT2D eigenvalue weighted by Crippen LogP contribution is -2.48. The molecule has 0 radical (unpaired) electrons. The normalized spacial score (nSPS) is 19.6. The summed E-state index contributed by atoms with van der Waals surface area (Å²) in [5.41, 5.74) is 0.707. The number of rotatable bonds is 6. The summed E-state index contributed by atoms with van der Waals surface area (Å²) in [5, 5.41) is 3.49. The van der Waals surface area contributed by atoms with E-state index in [4.69, 9.17) is 16.3 Å². The lowest BCUT2D eigenvalue weighted by molar-refractivity contribution is 0.113. The van der Waals surface area contributed by atoms with Crippen molar-refractivity contribution in [3.63, 3.8) is 0 Å². The summed E-state index contributed by atoms with van der Waals surface area (Å²) in [6, 6.07) is 5.37. The maximum atomic E-state index is 12.6. The maximum absolute atomic E-state index is 12.6. The van der Waals surface area contributed by atoms with Crippen molar-refractivity contribution < 1.29 is 9.53 Å². The average Bonchev–Trinajstić information content (AvgIpc) is 2.70. The van der Waals surface area contributed by atoms with Gasteiger partial charge in [0.05, 0.1) is 11.6 Å². The second-order valence-electron chi connectivity index (χ2n) is 7.96. The number of amides is 2. The molecule has 0 aliphatic carbocycles. The molecule has 2 amide bonds. The molecule has 28 heavy (non-hydrogen) atoms. The summed E-state index contributed by atoms with van der Waals surface area (Å²) in [7, 11) is 2.19. The molecule has 0 aromatic heterocycles. The number of piperazine rings is 1. The minimum Gasteiger partial charge on any atom is -0.492 e. The second kappa shape index (κ2) is 10.3. The summed E-state index contributed by atoms with van der Waals surface area (Å²) in [6.45, 7) is 10.1. The Balaban J connectivity index is 1.43. The van der Waals surface area contributed by atoms with E-state index in [0.29, 0.717) is 29.0 Å². The molecule has 2 aliphatic heterocycles. The number of hydrogen-bond acceptors (Lipinski definition) is 4. The Labute approximate surface area is 173 Å². The molecule has 2 fully saturated rings. The van der Waals surface area contributed by atoms with Gasteiger partial charge in [-0.1, -0.05) is 18.5 Å². The monoisotopic (exact) mass is 408 g/mol. The van der Waals surface area contributed by atoms with Crippen LogP contribution in [0.5, 0.6) is 5.75 Å². The summed E-state index contributed by atoms with van der Waals surface area (Å²) in [4.78, 5) is 19.5. The van der Waals surface area contributed by atoms with Gasteiger partial charge in [-0.2, -0.15) is 0 Å². The Bertz CT molecular complexity index is 641. The van der Waals surface area contributed by atoms with Crippen LogP contribution in [0.4, 0.5) is 10.5 Å². The van der Waals surface area contributed by atoms with Gasteiger partial charge in [-0.3, -0.25) is 0 Å². The third kappa shape index (κ3) is 6.00. The van der Waals surface area contributed by atoms with E-state index in [-0.39, 0.29) is 6.03 Å². The lowest BCUT2D eigenvalue weighted by atomic mass is 9.96. The number of nitrogens with one attached hydrogen (secondary N) is 1. The van der Waals surface area contributed by atoms with Crippen molar-refractivity contribution in [3.8, 4) is 5.75 Å². The van der Waals surface area contributed by atoms with Crippen LogP contribution in [0.1, 0.15) is 26.2 Å². The van der Waals surface area contributed by atoms with Crippen molar-refractivity contribution in [2.45, 2.75) is 26.2 Å². The van der Waals surface area contributed by atoms with Gasteiger partial charge in [0.15, 0.2) is 0 Å². The standard InChI is InChI=1S/C21H33ClN4O2/c1-3-14-28-20-5-4-18(15-19(20)22)23-21(27)26-8-6-17(7-9-26)16-25-12-10-24(2)11-13-25/h4-5,15,17H,3,6-14,16H2,1-2H3,(H,23,27). The first kappa shape index (κ1) is 21.2. The number of halogens is 1. The van der Waals surface area contributed by atoms with Gasteiger partial charge in [0.25, 0.3) is 0 Å². The third-order valence-corrected chi connectivity index (χ3v) is 5.95. The van der Waals surface area contributed by atoms with Crippen molar-refractivity contribution in [2.24, 2.45) is 5.92 Å². The van der Waals surface area contributed by atoms with Gasteiger partial charge in [0.1, 0.15) is 5.75 Å². The predicted molar refractivity (Wildman–Crippen MR) is 114 cm³/mol. The minimum atomic E-state index is -0.0451. The van der Waals surface area contributed by atoms with E-state index in [2.05, 4.69) is 29.1 Å². The molecule has 3 rings (SSSR count). The molecule has 1 aromatic carbocycles. The van der Waals surface area contributed by atoms with Crippen LogP contribution >= 0.6 is 11.6 Å². The van der Waals surface area contributed by atoms with Crippen LogP contribution in [0.3, 0.4) is 0 Å². The number of ether oxygens (including phenoxy) is 1. The zero-order chi connectivity index (χ0) is 19.9. The number of anilines is 1. The van der Waals surface area contributed by atoms with E-state index in [9.17, 15) is 4.79 Å². The molecule has 6 nitrogen and oxygen atoms in total. The molecule has 0 spiro atoms. The topological polar surface area (TPSA) is 48.1 Å². The van der Waals surface area contributed by atoms with Gasteiger partial charge in [-0.15, -0.1) is 0 Å². The predicted octanol–water partition coefficient (Wildman–Crippen LogP) is 3.62. The summed E-state index contributed by atoms with van der Waals surface area (Å²) in [6.07, 6.45) is 3.08. The van der Waals surface area contributed by atoms with Crippen molar-refractivity contribution in [1.82, 2.24) is 14.7 Å². The van der Waals surface area contributed by atoms with E-state index >= 15 is 0 Å². The van der Waals surface area contributed by atoms with Gasteiger partial charge < -0.3 is 24.8 Å². The zero-order valence-electron chi connectivity index (χ0n) is 17.1. The van der Waals surface area contributed by atoms with Crippen LogP contribution in [0.15, 0.2) is 18.2 Å². The fourth-order valence-electron chi connectivity index (χ4n) is 3.82. The molecule has 1 N–H and O–H groups in total. The van der Waals surface area contributed by atoms with Gasteiger partial charge in [0, 0.05) is 51.5 Å². The van der Waals surface area contributed by atoms with Crippen LogP contribution in [-0.2, 0) is 0 Å². The summed E-state index contributed by atoms with van der Waals surface area (Å²) < 4.78 is 5.58. The van der Waals surface area contributed by atoms with Gasteiger partial charge >= 0.3 is 6.03 Å². The fraction of sp³-hybridized carbons (Fsp3) is 0.667. The molecule has 0 atom stereocenters. The van der Waals surface area contributed by atoms with E-state index in [1.54, 1.807) is 6.07 Å². The molecule has 1 aromatic rings. The van der Waals surface area contributed by atoms with Crippen molar-refractivity contribution >= 4 is 23.3 Å². The first-order chi connectivity index (χ1) is 13.5. The smallest absolute Gasteiger partial charge is 0.321 e. The maximum Gasteiger partial charge on any atom is 0.321 e. The van der Waals surface area contributed by atoms with Crippen LogP contribution in [0.25, 0.3) is 0 Å². The number of nitrogens with zero attached hydrogens (tertiary/aromatic N) is 3. The lowest BCUT2D eigenvalue weighted by Gasteiger charge is -2.37. The summed E-state index contributed by atoms with van der Waals surface area (Å²) >= 11 is 6.26. The fourth-order valence-corrected chi connectivity index (χ4v) is 4.06. The number of carbonyl (C=O) groups excluding carboxylic acids is 1. The average molecular weight is 409 g/mol. The quantitative estimate of drug-likeness (QED) is 0.780. The molecule has 0 bridgehead atoms. The Morgan fingerprint density at radius 3 is 2.54 bits per heavy atom. The van der Waals surface area contributed by atoms with Crippen molar-refractivity contribution in [2.75, 3.05) is 64.8 Å². The first-order valence-electron chi connectivity index (χ1n) is 10.4. The summed E-state index contributed by atoms with van der Waals surface area (Å²) in [5.74, 6) is 1.35. The Morgan fingerprint density at radius 1 is 1.18 bits per heavy atom. The van der Waals surface area contributed by atoms with E-state index in [1.165, 1.54) is 0 Å². The Morgan fingerprint density at radius 2 is 1.89 bits per heavy atom. The van der Waals surface area contributed by atoms with E-state index in [0.717, 1.165) is 65.1 Å². The zero-order valence-corrected chi connectivity index (χ0v) is 17.9. The number of likely N-dealkylation sites (N-methyl/N-ethyl adjacent to an activating group) is 1. The molecular formula is C21H33ClN4O2. The third-order valence-electron chi connectivity index (χ3n) is 5.66. The first-order valence-corrected chi connectivity index (χ1v) is 10.8. The molecule has 2 saturated heterocycles. The number of hydrogen-bond donors (Lipinski definition) is 1. The number of piperidine rings is 1. The molecule has 7 heteroatoms. The number of urea groups is 1. The number of carbonyl (C=O) groups is 1. The van der Waals surface area contributed by atoms with Gasteiger partial charge in [-0.05, 0) is 50.4 Å². The van der Waals surface area contributed by atoms with Gasteiger partial charge in [-0.25, -0.2) is 4.79 Å². The van der Waals surface area contributed by atoms with Crippen molar-refractivity contribution in [3.05, 3.63) is 23.2 Å². The van der Waals surface area contributed by atoms with Crippen molar-refractivity contribution in [1.29, 1.82) is 0 Å².